The van der Waals surface area contributed by atoms with E-state index < -0.39 is 0 Å². The SMILES string of the molecule is C=C.C=C.Cc1ccccc1.N.N.N. The minimum absolute atomic E-state index is 0. The van der Waals surface area contributed by atoms with E-state index >= 15 is 0 Å². The van der Waals surface area contributed by atoms with E-state index in [1.54, 1.807) is 0 Å². The maximum atomic E-state index is 3.00. The van der Waals surface area contributed by atoms with Crippen molar-refractivity contribution in [2.75, 3.05) is 0 Å². The highest BCUT2D eigenvalue weighted by atomic mass is 14.0. The Balaban J connectivity index is -0.0000000350. The summed E-state index contributed by atoms with van der Waals surface area (Å²) in [7, 11) is 0. The maximum Gasteiger partial charge on any atom is -0.0398 e. The third-order valence-corrected chi connectivity index (χ3v) is 0.940. The molecule has 0 atom stereocenters. The van der Waals surface area contributed by atoms with Gasteiger partial charge in [0.05, 0.1) is 0 Å². The number of aryl methyl sites for hydroxylation is 1. The average Bonchev–Trinajstić information content (AvgIpc) is 2.13. The van der Waals surface area contributed by atoms with Crippen LogP contribution in [0.15, 0.2) is 56.6 Å². The van der Waals surface area contributed by atoms with Crippen molar-refractivity contribution in [2.24, 2.45) is 0 Å². The first kappa shape index (κ1) is 29.4. The molecule has 1 aromatic rings. The van der Waals surface area contributed by atoms with Gasteiger partial charge in [-0.3, -0.25) is 0 Å². The Hall–Kier alpha value is -1.42. The van der Waals surface area contributed by atoms with Crippen LogP contribution in [0.3, 0.4) is 0 Å². The second kappa shape index (κ2) is 29.9. The lowest BCUT2D eigenvalue weighted by Gasteiger charge is -1.82. The Morgan fingerprint density at radius 3 is 1.14 bits per heavy atom. The van der Waals surface area contributed by atoms with Crippen molar-refractivity contribution in [3.63, 3.8) is 0 Å². The van der Waals surface area contributed by atoms with Gasteiger partial charge in [0.25, 0.3) is 0 Å². The standard InChI is InChI=1S/C7H8.2C2H4.3H3N/c1-7-5-3-2-4-6-7;2*1-2;;;/h2-6H,1H3;2*1-2H2;3*1H3. The zero-order valence-electron chi connectivity index (χ0n) is 9.34. The summed E-state index contributed by atoms with van der Waals surface area (Å²) < 4.78 is 0. The van der Waals surface area contributed by atoms with Gasteiger partial charge in [0.1, 0.15) is 0 Å². The van der Waals surface area contributed by atoms with E-state index in [1.165, 1.54) is 5.56 Å². The van der Waals surface area contributed by atoms with Crippen molar-refractivity contribution >= 4 is 0 Å². The van der Waals surface area contributed by atoms with Gasteiger partial charge in [-0.1, -0.05) is 35.9 Å². The predicted octanol–water partition coefficient (Wildman–Crippen LogP) is 4.09. The molecule has 0 aliphatic carbocycles. The molecular weight excluding hydrogens is 174 g/mol. The number of hydrogen-bond donors (Lipinski definition) is 3. The third-order valence-electron chi connectivity index (χ3n) is 0.940. The Labute approximate surface area is 88.3 Å². The summed E-state index contributed by atoms with van der Waals surface area (Å²) in [6.45, 7) is 14.1. The molecule has 3 nitrogen and oxygen atoms in total. The predicted molar refractivity (Wildman–Crippen MR) is 68.8 cm³/mol. The van der Waals surface area contributed by atoms with E-state index in [2.05, 4.69) is 45.4 Å². The molecular formula is C11H25N3. The molecule has 0 aromatic heterocycles. The molecule has 0 aliphatic heterocycles. The number of rotatable bonds is 0. The van der Waals surface area contributed by atoms with Crippen LogP contribution in [0.25, 0.3) is 0 Å². The van der Waals surface area contributed by atoms with Crippen LogP contribution in [0.5, 0.6) is 0 Å². The first-order chi connectivity index (χ1) is 5.39. The fraction of sp³-hybridized carbons (Fsp3) is 0.0909. The minimum Gasteiger partial charge on any atom is -0.344 e. The summed E-state index contributed by atoms with van der Waals surface area (Å²) in [4.78, 5) is 0. The van der Waals surface area contributed by atoms with Gasteiger partial charge in [-0.25, -0.2) is 0 Å². The summed E-state index contributed by atoms with van der Waals surface area (Å²) in [5.74, 6) is 0. The molecule has 3 heteroatoms. The Morgan fingerprint density at radius 1 is 0.714 bits per heavy atom. The van der Waals surface area contributed by atoms with Crippen molar-refractivity contribution in [2.45, 2.75) is 6.92 Å². The molecule has 0 amide bonds. The molecule has 14 heavy (non-hydrogen) atoms. The molecule has 1 aromatic carbocycles. The zero-order valence-corrected chi connectivity index (χ0v) is 9.34. The van der Waals surface area contributed by atoms with E-state index in [0.717, 1.165) is 0 Å². The molecule has 0 radical (unpaired) electrons. The Bertz CT molecular complexity index is 161. The van der Waals surface area contributed by atoms with Crippen molar-refractivity contribution in [3.8, 4) is 0 Å². The van der Waals surface area contributed by atoms with Gasteiger partial charge in [-0.05, 0) is 6.92 Å². The molecule has 0 bridgehead atoms. The van der Waals surface area contributed by atoms with Crippen LogP contribution in [-0.4, -0.2) is 0 Å². The first-order valence-corrected chi connectivity index (χ1v) is 3.41. The molecule has 0 fully saturated rings. The van der Waals surface area contributed by atoms with Crippen LogP contribution in [0.1, 0.15) is 5.56 Å². The molecule has 0 spiro atoms. The molecule has 0 aliphatic rings. The topological polar surface area (TPSA) is 105 Å². The van der Waals surface area contributed by atoms with Gasteiger partial charge < -0.3 is 18.5 Å². The van der Waals surface area contributed by atoms with E-state index in [9.17, 15) is 0 Å². The van der Waals surface area contributed by atoms with Crippen LogP contribution < -0.4 is 18.5 Å². The summed E-state index contributed by atoms with van der Waals surface area (Å²) in [5.41, 5.74) is 1.32. The first-order valence-electron chi connectivity index (χ1n) is 3.41. The van der Waals surface area contributed by atoms with Gasteiger partial charge in [-0.2, -0.15) is 0 Å². The van der Waals surface area contributed by atoms with Gasteiger partial charge in [0, 0.05) is 0 Å². The zero-order chi connectivity index (χ0) is 9.11. The average molecular weight is 199 g/mol. The molecule has 0 saturated carbocycles. The van der Waals surface area contributed by atoms with Gasteiger partial charge >= 0.3 is 0 Å². The van der Waals surface area contributed by atoms with Crippen molar-refractivity contribution in [1.82, 2.24) is 18.5 Å². The maximum absolute atomic E-state index is 3.00. The van der Waals surface area contributed by atoms with Gasteiger partial charge in [0.15, 0.2) is 0 Å². The minimum atomic E-state index is 0. The van der Waals surface area contributed by atoms with Gasteiger partial charge in [-0.15, -0.1) is 26.3 Å². The van der Waals surface area contributed by atoms with Crippen LogP contribution in [0.4, 0.5) is 0 Å². The number of benzene rings is 1. The van der Waals surface area contributed by atoms with Crippen molar-refractivity contribution in [1.29, 1.82) is 0 Å². The monoisotopic (exact) mass is 199 g/mol. The molecule has 9 N–H and O–H groups in total. The molecule has 84 valence electrons. The normalized spacial score (nSPS) is 4.93. The van der Waals surface area contributed by atoms with E-state index in [4.69, 9.17) is 0 Å². The highest BCUT2D eigenvalue weighted by molar-refractivity contribution is 5.11. The molecule has 0 heterocycles. The summed E-state index contributed by atoms with van der Waals surface area (Å²) >= 11 is 0. The number of hydrogen-bond acceptors (Lipinski definition) is 3. The van der Waals surface area contributed by atoms with E-state index in [-0.39, 0.29) is 18.5 Å². The lowest BCUT2D eigenvalue weighted by Crippen LogP contribution is -1.62. The molecule has 0 saturated heterocycles. The second-order valence-electron chi connectivity index (χ2n) is 1.65. The fourth-order valence-electron chi connectivity index (χ4n) is 0.534. The molecule has 0 unspecified atom stereocenters. The summed E-state index contributed by atoms with van der Waals surface area (Å²) in [5, 5.41) is 0. The van der Waals surface area contributed by atoms with Crippen LogP contribution in [0.2, 0.25) is 0 Å². The van der Waals surface area contributed by atoms with Crippen LogP contribution in [0, 0.1) is 6.92 Å². The lowest BCUT2D eigenvalue weighted by atomic mass is 10.2. The van der Waals surface area contributed by atoms with Crippen molar-refractivity contribution in [3.05, 3.63) is 62.2 Å². The lowest BCUT2D eigenvalue weighted by molar-refractivity contribution is 1.48. The van der Waals surface area contributed by atoms with Gasteiger partial charge in [0.2, 0.25) is 0 Å². The Morgan fingerprint density at radius 2 is 1.00 bits per heavy atom. The highest BCUT2D eigenvalue weighted by Gasteiger charge is 1.72. The Kier molecular flexibility index (Phi) is 62.8. The third kappa shape index (κ3) is 22.4. The summed E-state index contributed by atoms with van der Waals surface area (Å²) in [6, 6.07) is 10.3. The van der Waals surface area contributed by atoms with E-state index in [1.807, 2.05) is 18.2 Å². The molecule has 1 rings (SSSR count). The van der Waals surface area contributed by atoms with E-state index in [0.29, 0.717) is 0 Å². The van der Waals surface area contributed by atoms with Crippen LogP contribution in [-0.2, 0) is 0 Å². The quantitative estimate of drug-likeness (QED) is 0.548. The second-order valence-corrected chi connectivity index (χ2v) is 1.65. The highest BCUT2D eigenvalue weighted by Crippen LogP contribution is 1.92. The summed E-state index contributed by atoms with van der Waals surface area (Å²) in [6.07, 6.45) is 0. The van der Waals surface area contributed by atoms with Crippen LogP contribution >= 0.6 is 0 Å². The fourth-order valence-corrected chi connectivity index (χ4v) is 0.534. The smallest absolute Gasteiger partial charge is 0.0398 e. The van der Waals surface area contributed by atoms with Crippen molar-refractivity contribution < 1.29 is 0 Å². The largest absolute Gasteiger partial charge is 0.344 e.